The van der Waals surface area contributed by atoms with Gasteiger partial charge in [0.15, 0.2) is 17.5 Å². The second kappa shape index (κ2) is 14.5. The second-order valence-corrected chi connectivity index (χ2v) is 16.4. The van der Waals surface area contributed by atoms with Crippen LogP contribution < -0.4 is 0 Å². The summed E-state index contributed by atoms with van der Waals surface area (Å²) >= 11 is 0. The molecule has 5 heteroatoms. The Morgan fingerprint density at radius 3 is 1.52 bits per heavy atom. The smallest absolute Gasteiger partial charge is 0.166 e. The van der Waals surface area contributed by atoms with E-state index >= 15 is 0 Å². The molecule has 0 saturated heterocycles. The summed E-state index contributed by atoms with van der Waals surface area (Å²) in [6.45, 7) is 0. The normalized spacial score (nSPS) is 11.8. The molecule has 0 radical (unpaired) electrons. The van der Waals surface area contributed by atoms with Crippen LogP contribution in [0.25, 0.3) is 122 Å². The van der Waals surface area contributed by atoms with Crippen molar-refractivity contribution in [2.24, 2.45) is 0 Å². The summed E-state index contributed by atoms with van der Waals surface area (Å²) in [6.07, 6.45) is 0. The van der Waals surface area contributed by atoms with Crippen LogP contribution in [0.3, 0.4) is 0 Å². The van der Waals surface area contributed by atoms with E-state index in [0.717, 1.165) is 72.0 Å². The number of nitrogens with zero attached hydrogens (tertiary/aromatic N) is 5. The number of benzene rings is 10. The molecule has 0 aliphatic carbocycles. The first kappa shape index (κ1) is 36.0. The largest absolute Gasteiger partial charge is 0.309 e. The van der Waals surface area contributed by atoms with E-state index in [9.17, 15) is 0 Å². The average molecular weight is 816 g/mol. The minimum atomic E-state index is 0.603. The molecule has 0 amide bonds. The zero-order chi connectivity index (χ0) is 42.1. The standard InChI is InChI=1S/C59H37N5/c1-3-15-38(16-4-1)39-27-29-41(30-28-39)57-60-58(44-31-33-49-47-23-11-13-25-51(47)63(54(49)37-44)45-20-5-2-6-21-45)62-59(61-57)56-46-22-10-9-17-40(46)32-34-53(56)64-52-26-14-12-24-48(52)50-35-42-18-7-8-19-43(42)36-55(50)64/h1-37H. The van der Waals surface area contributed by atoms with Gasteiger partial charge in [0.2, 0.25) is 0 Å². The molecule has 13 rings (SSSR count). The number of hydrogen-bond acceptors (Lipinski definition) is 3. The molecule has 0 bridgehead atoms. The minimum Gasteiger partial charge on any atom is -0.309 e. The van der Waals surface area contributed by atoms with E-state index in [2.05, 4.69) is 228 Å². The summed E-state index contributed by atoms with van der Waals surface area (Å²) < 4.78 is 4.75. The number of aromatic nitrogens is 5. The molecule has 5 nitrogen and oxygen atoms in total. The van der Waals surface area contributed by atoms with E-state index in [1.54, 1.807) is 0 Å². The lowest BCUT2D eigenvalue weighted by Gasteiger charge is -2.17. The molecule has 3 aromatic heterocycles. The highest BCUT2D eigenvalue weighted by Crippen LogP contribution is 2.41. The third-order valence-corrected chi connectivity index (χ3v) is 12.7. The highest BCUT2D eigenvalue weighted by atomic mass is 15.1. The summed E-state index contributed by atoms with van der Waals surface area (Å²) in [4.78, 5) is 16.3. The van der Waals surface area contributed by atoms with Crippen LogP contribution in [-0.2, 0) is 0 Å². The average Bonchev–Trinajstić information content (AvgIpc) is 3.87. The van der Waals surface area contributed by atoms with Gasteiger partial charge in [0.05, 0.1) is 33.3 Å². The maximum atomic E-state index is 5.51. The minimum absolute atomic E-state index is 0.603. The number of hydrogen-bond donors (Lipinski definition) is 0. The predicted molar refractivity (Wildman–Crippen MR) is 265 cm³/mol. The number of fused-ring (bicyclic) bond motifs is 8. The molecule has 0 fully saturated rings. The van der Waals surface area contributed by atoms with Gasteiger partial charge >= 0.3 is 0 Å². The number of para-hydroxylation sites is 3. The Morgan fingerprint density at radius 2 is 0.766 bits per heavy atom. The van der Waals surface area contributed by atoms with Gasteiger partial charge in [0.25, 0.3) is 0 Å². The molecule has 64 heavy (non-hydrogen) atoms. The Hall–Kier alpha value is -8.67. The van der Waals surface area contributed by atoms with E-state index < -0.39 is 0 Å². The molecule has 13 aromatic rings. The van der Waals surface area contributed by atoms with Crippen LogP contribution >= 0.6 is 0 Å². The first-order valence-corrected chi connectivity index (χ1v) is 21.7. The molecular weight excluding hydrogens is 779 g/mol. The topological polar surface area (TPSA) is 48.5 Å². The summed E-state index contributed by atoms with van der Waals surface area (Å²) in [5.41, 5.74) is 11.6. The van der Waals surface area contributed by atoms with Crippen LogP contribution in [0.1, 0.15) is 0 Å². The van der Waals surface area contributed by atoms with Gasteiger partial charge in [-0.1, -0.05) is 176 Å². The summed E-state index contributed by atoms with van der Waals surface area (Å²) in [7, 11) is 0. The first-order chi connectivity index (χ1) is 31.7. The van der Waals surface area contributed by atoms with Gasteiger partial charge in [-0.3, -0.25) is 0 Å². The maximum absolute atomic E-state index is 5.51. The van der Waals surface area contributed by atoms with Crippen molar-refractivity contribution in [3.63, 3.8) is 0 Å². The maximum Gasteiger partial charge on any atom is 0.166 e. The lowest BCUT2D eigenvalue weighted by atomic mass is 10.0. The number of rotatable bonds is 6. The van der Waals surface area contributed by atoms with Crippen molar-refractivity contribution < 1.29 is 0 Å². The van der Waals surface area contributed by atoms with Crippen LogP contribution in [0.15, 0.2) is 224 Å². The Labute approximate surface area is 368 Å². The molecule has 10 aromatic carbocycles. The summed E-state index contributed by atoms with van der Waals surface area (Å²) in [6, 6.07) is 79.8. The summed E-state index contributed by atoms with van der Waals surface area (Å²) in [5, 5.41) is 9.34. The first-order valence-electron chi connectivity index (χ1n) is 21.7. The van der Waals surface area contributed by atoms with Crippen LogP contribution in [0.5, 0.6) is 0 Å². The summed E-state index contributed by atoms with van der Waals surface area (Å²) in [5.74, 6) is 1.82. The van der Waals surface area contributed by atoms with Crippen LogP contribution in [-0.4, -0.2) is 24.1 Å². The highest BCUT2D eigenvalue weighted by Gasteiger charge is 2.23. The van der Waals surface area contributed by atoms with E-state index in [0.29, 0.717) is 17.5 Å². The fourth-order valence-corrected chi connectivity index (χ4v) is 9.75. The molecule has 0 N–H and O–H groups in total. The van der Waals surface area contributed by atoms with Crippen LogP contribution in [0.2, 0.25) is 0 Å². The SMILES string of the molecule is c1ccc(-c2ccc(-c3nc(-c4ccc5c6ccccc6n(-c6ccccc6)c5c4)nc(-c4c(-n5c6ccccc6c6cc7ccccc7cc65)ccc5ccccc45)n3)cc2)cc1. The zero-order valence-electron chi connectivity index (χ0n) is 34.6. The van der Waals surface area contributed by atoms with Gasteiger partial charge in [-0.2, -0.15) is 0 Å². The van der Waals surface area contributed by atoms with Crippen molar-refractivity contribution >= 4 is 65.2 Å². The molecule has 3 heterocycles. The van der Waals surface area contributed by atoms with Gasteiger partial charge in [-0.05, 0) is 81.2 Å². The van der Waals surface area contributed by atoms with Crippen molar-refractivity contribution in [3.05, 3.63) is 224 Å². The van der Waals surface area contributed by atoms with Crippen molar-refractivity contribution in [2.45, 2.75) is 0 Å². The van der Waals surface area contributed by atoms with Crippen LogP contribution in [0.4, 0.5) is 0 Å². The van der Waals surface area contributed by atoms with E-state index in [4.69, 9.17) is 15.0 Å². The Balaban J connectivity index is 1.10. The second-order valence-electron chi connectivity index (χ2n) is 16.4. The molecule has 0 spiro atoms. The monoisotopic (exact) mass is 815 g/mol. The molecular formula is C59H37N5. The fraction of sp³-hybridized carbons (Fsp3) is 0. The van der Waals surface area contributed by atoms with Crippen molar-refractivity contribution in [3.8, 4) is 56.7 Å². The van der Waals surface area contributed by atoms with Gasteiger partial charge in [0.1, 0.15) is 0 Å². The highest BCUT2D eigenvalue weighted by molar-refractivity contribution is 6.15. The fourth-order valence-electron chi connectivity index (χ4n) is 9.75. The van der Waals surface area contributed by atoms with E-state index in [1.165, 1.54) is 32.3 Å². The molecule has 0 aliphatic rings. The van der Waals surface area contributed by atoms with Gasteiger partial charge in [-0.25, -0.2) is 15.0 Å². The Bertz CT molecular complexity index is 3940. The lowest BCUT2D eigenvalue weighted by Crippen LogP contribution is -2.04. The van der Waals surface area contributed by atoms with E-state index in [-0.39, 0.29) is 0 Å². The van der Waals surface area contributed by atoms with Crippen molar-refractivity contribution in [2.75, 3.05) is 0 Å². The predicted octanol–water partition coefficient (Wildman–Crippen LogP) is 15.0. The molecule has 0 saturated carbocycles. The third-order valence-electron chi connectivity index (χ3n) is 12.7. The lowest BCUT2D eigenvalue weighted by molar-refractivity contribution is 1.07. The Morgan fingerprint density at radius 1 is 0.266 bits per heavy atom. The molecule has 0 atom stereocenters. The molecule has 0 aliphatic heterocycles. The quantitative estimate of drug-likeness (QED) is 0.168. The van der Waals surface area contributed by atoms with Gasteiger partial charge < -0.3 is 9.13 Å². The molecule has 0 unspecified atom stereocenters. The molecule has 298 valence electrons. The third kappa shape index (κ3) is 5.75. The van der Waals surface area contributed by atoms with E-state index in [1.807, 2.05) is 6.07 Å². The van der Waals surface area contributed by atoms with Gasteiger partial charge in [-0.15, -0.1) is 0 Å². The van der Waals surface area contributed by atoms with Crippen LogP contribution in [0, 0.1) is 0 Å². The van der Waals surface area contributed by atoms with Crippen molar-refractivity contribution in [1.29, 1.82) is 0 Å². The van der Waals surface area contributed by atoms with Crippen molar-refractivity contribution in [1.82, 2.24) is 24.1 Å². The van der Waals surface area contributed by atoms with Gasteiger partial charge in [0, 0.05) is 38.4 Å². The Kier molecular flexibility index (Phi) is 8.15. The zero-order valence-corrected chi connectivity index (χ0v) is 34.6.